The number of nitrogens with zero attached hydrogens (tertiary/aromatic N) is 4. The summed E-state index contributed by atoms with van der Waals surface area (Å²) in [5.74, 6) is 1.76. The number of likely N-dealkylation sites (tertiary alicyclic amines) is 1. The first-order chi connectivity index (χ1) is 13.6. The van der Waals surface area contributed by atoms with Crippen molar-refractivity contribution in [1.29, 1.82) is 0 Å². The lowest BCUT2D eigenvalue weighted by Crippen LogP contribution is -2.34. The molecule has 3 aromatic rings. The van der Waals surface area contributed by atoms with E-state index >= 15 is 0 Å². The molecule has 6 heteroatoms. The number of hydrogen-bond acceptors (Lipinski definition) is 3. The molecule has 0 amide bonds. The number of aromatic nitrogens is 3. The van der Waals surface area contributed by atoms with Crippen LogP contribution in [0.25, 0.3) is 5.69 Å². The highest BCUT2D eigenvalue weighted by Gasteiger charge is 2.19. The van der Waals surface area contributed by atoms with Crippen LogP contribution >= 0.6 is 23.8 Å². The number of halogens is 1. The molecule has 2 aromatic carbocycles. The summed E-state index contributed by atoms with van der Waals surface area (Å²) in [7, 11) is 0. The third-order valence-electron chi connectivity index (χ3n) is 5.41. The zero-order chi connectivity index (χ0) is 19.5. The molecule has 4 nitrogen and oxygen atoms in total. The largest absolute Gasteiger partial charge is 0.284 e. The van der Waals surface area contributed by atoms with Crippen molar-refractivity contribution in [3.63, 3.8) is 0 Å². The van der Waals surface area contributed by atoms with E-state index in [9.17, 15) is 0 Å². The first-order valence-electron chi connectivity index (χ1n) is 9.81. The predicted molar refractivity (Wildman–Crippen MR) is 117 cm³/mol. The van der Waals surface area contributed by atoms with Gasteiger partial charge in [-0.3, -0.25) is 9.47 Å². The summed E-state index contributed by atoms with van der Waals surface area (Å²) in [6.07, 6.45) is 3.21. The molecule has 4 rings (SSSR count). The minimum absolute atomic E-state index is 0.717. The zero-order valence-electron chi connectivity index (χ0n) is 16.1. The quantitative estimate of drug-likeness (QED) is 0.529. The van der Waals surface area contributed by atoms with Gasteiger partial charge in [0.25, 0.3) is 0 Å². The van der Waals surface area contributed by atoms with Gasteiger partial charge in [-0.25, -0.2) is 4.68 Å². The first kappa shape index (κ1) is 19.4. The second-order valence-electron chi connectivity index (χ2n) is 7.61. The topological polar surface area (TPSA) is 26.0 Å². The van der Waals surface area contributed by atoms with Crippen LogP contribution in [0.5, 0.6) is 0 Å². The summed E-state index contributed by atoms with van der Waals surface area (Å²) in [5.41, 5.74) is 2.22. The Bertz CT molecular complexity index is 970. The van der Waals surface area contributed by atoms with Gasteiger partial charge in [-0.1, -0.05) is 48.9 Å². The normalized spacial score (nSPS) is 15.8. The molecule has 0 N–H and O–H groups in total. The van der Waals surface area contributed by atoms with Crippen LogP contribution in [0.1, 0.15) is 31.2 Å². The molecule has 1 aromatic heterocycles. The summed E-state index contributed by atoms with van der Waals surface area (Å²) in [4.78, 5) is 2.45. The molecule has 1 aliphatic rings. The lowest BCUT2D eigenvalue weighted by Gasteiger charge is -2.29. The van der Waals surface area contributed by atoms with Crippen LogP contribution < -0.4 is 0 Å². The van der Waals surface area contributed by atoms with Crippen molar-refractivity contribution in [3.05, 3.63) is 75.8 Å². The predicted octanol–water partition coefficient (Wildman–Crippen LogP) is 5.34. The molecule has 2 heterocycles. The van der Waals surface area contributed by atoms with Gasteiger partial charge in [-0.15, -0.1) is 0 Å². The van der Waals surface area contributed by atoms with E-state index < -0.39 is 0 Å². The van der Waals surface area contributed by atoms with Crippen molar-refractivity contribution in [2.45, 2.75) is 32.9 Å². The Balaban J connectivity index is 1.68. The molecular formula is C22H25ClN4S. The van der Waals surface area contributed by atoms with Crippen molar-refractivity contribution in [1.82, 2.24) is 19.2 Å². The monoisotopic (exact) mass is 412 g/mol. The van der Waals surface area contributed by atoms with Crippen LogP contribution in [0.4, 0.5) is 0 Å². The fourth-order valence-corrected chi connectivity index (χ4v) is 4.12. The lowest BCUT2D eigenvalue weighted by molar-refractivity contribution is 0.145. The average Bonchev–Trinajstić information content (AvgIpc) is 3.00. The molecule has 0 bridgehead atoms. The summed E-state index contributed by atoms with van der Waals surface area (Å²) in [5, 5.41) is 5.64. The molecule has 0 aliphatic carbocycles. The number of rotatable bonds is 5. The first-order valence-corrected chi connectivity index (χ1v) is 10.6. The van der Waals surface area contributed by atoms with Crippen molar-refractivity contribution < 1.29 is 0 Å². The highest BCUT2D eigenvalue weighted by atomic mass is 35.5. The van der Waals surface area contributed by atoms with E-state index in [4.69, 9.17) is 28.9 Å². The van der Waals surface area contributed by atoms with Crippen LogP contribution in [-0.2, 0) is 13.1 Å². The van der Waals surface area contributed by atoms with Crippen LogP contribution in [0.15, 0.2) is 54.6 Å². The van der Waals surface area contributed by atoms with Gasteiger partial charge >= 0.3 is 0 Å². The number of piperidine rings is 1. The van der Waals surface area contributed by atoms with E-state index in [0.717, 1.165) is 53.4 Å². The van der Waals surface area contributed by atoms with Crippen molar-refractivity contribution in [2.24, 2.45) is 5.92 Å². The highest BCUT2D eigenvalue weighted by molar-refractivity contribution is 7.71. The summed E-state index contributed by atoms with van der Waals surface area (Å²) in [6, 6.07) is 18.2. The van der Waals surface area contributed by atoms with Gasteiger partial charge in [-0.05, 0) is 60.8 Å². The van der Waals surface area contributed by atoms with E-state index in [1.165, 1.54) is 18.4 Å². The van der Waals surface area contributed by atoms with Gasteiger partial charge in [0, 0.05) is 30.2 Å². The van der Waals surface area contributed by atoms with E-state index in [1.807, 2.05) is 35.0 Å². The SMILES string of the molecule is CC1CCN(Cn2nc(Cc3ccccc3)n(-c3ccc(Cl)cc3)c2=S)CC1. The molecule has 0 unspecified atom stereocenters. The number of hydrogen-bond donors (Lipinski definition) is 0. The van der Waals surface area contributed by atoms with Crippen LogP contribution in [0, 0.1) is 10.7 Å². The fraction of sp³-hybridized carbons (Fsp3) is 0.364. The summed E-state index contributed by atoms with van der Waals surface area (Å²) >= 11 is 11.9. The smallest absolute Gasteiger partial charge is 0.203 e. The third kappa shape index (κ3) is 4.37. The third-order valence-corrected chi connectivity index (χ3v) is 6.05. The van der Waals surface area contributed by atoms with Gasteiger partial charge < -0.3 is 0 Å². The Morgan fingerprint density at radius 2 is 1.71 bits per heavy atom. The molecule has 1 aliphatic heterocycles. The van der Waals surface area contributed by atoms with Gasteiger partial charge in [0.2, 0.25) is 4.77 Å². The van der Waals surface area contributed by atoms with Gasteiger partial charge in [0.15, 0.2) is 0 Å². The van der Waals surface area contributed by atoms with Crippen molar-refractivity contribution in [3.8, 4) is 5.69 Å². The molecule has 28 heavy (non-hydrogen) atoms. The van der Waals surface area contributed by atoms with Crippen LogP contribution in [0.3, 0.4) is 0 Å². The Morgan fingerprint density at radius 1 is 1.04 bits per heavy atom. The fourth-order valence-electron chi connectivity index (χ4n) is 3.68. The average molecular weight is 413 g/mol. The maximum Gasteiger partial charge on any atom is 0.203 e. The standard InChI is InChI=1S/C22H25ClN4S/c1-17-11-13-25(14-12-17)16-26-22(28)27(20-9-7-19(23)8-10-20)21(24-26)15-18-5-3-2-4-6-18/h2-10,17H,11-16H2,1H3. The maximum atomic E-state index is 6.09. The Hall–Kier alpha value is -1.95. The minimum atomic E-state index is 0.717. The molecule has 0 spiro atoms. The highest BCUT2D eigenvalue weighted by Crippen LogP contribution is 2.20. The van der Waals surface area contributed by atoms with Gasteiger partial charge in [-0.2, -0.15) is 5.10 Å². The molecule has 146 valence electrons. The van der Waals surface area contributed by atoms with Crippen molar-refractivity contribution in [2.75, 3.05) is 13.1 Å². The summed E-state index contributed by atoms with van der Waals surface area (Å²) in [6.45, 7) is 5.28. The Morgan fingerprint density at radius 3 is 2.39 bits per heavy atom. The van der Waals surface area contributed by atoms with Crippen molar-refractivity contribution >= 4 is 23.8 Å². The molecule has 1 saturated heterocycles. The molecule has 1 fully saturated rings. The van der Waals surface area contributed by atoms with Gasteiger partial charge in [0.1, 0.15) is 5.82 Å². The molecule has 0 atom stereocenters. The minimum Gasteiger partial charge on any atom is -0.284 e. The Labute approximate surface area is 176 Å². The maximum absolute atomic E-state index is 6.09. The second kappa shape index (κ2) is 8.60. The second-order valence-corrected chi connectivity index (χ2v) is 8.42. The molecule has 0 radical (unpaired) electrons. The summed E-state index contributed by atoms with van der Waals surface area (Å²) < 4.78 is 4.77. The van der Waals surface area contributed by atoms with Crippen LogP contribution in [-0.4, -0.2) is 32.3 Å². The van der Waals surface area contributed by atoms with E-state index in [2.05, 4.69) is 40.7 Å². The van der Waals surface area contributed by atoms with E-state index in [1.54, 1.807) is 0 Å². The van der Waals surface area contributed by atoms with E-state index in [0.29, 0.717) is 0 Å². The van der Waals surface area contributed by atoms with E-state index in [-0.39, 0.29) is 0 Å². The zero-order valence-corrected chi connectivity index (χ0v) is 17.7. The molecule has 0 saturated carbocycles. The Kier molecular flexibility index (Phi) is 5.95. The number of benzene rings is 2. The van der Waals surface area contributed by atoms with Gasteiger partial charge in [0.05, 0.1) is 6.67 Å². The lowest BCUT2D eigenvalue weighted by atomic mass is 10.00. The van der Waals surface area contributed by atoms with Crippen LogP contribution in [0.2, 0.25) is 5.02 Å². The molecular weight excluding hydrogens is 388 g/mol.